The molecule has 1 N–H and O–H groups in total. The molecule has 2 heterocycles. The minimum absolute atomic E-state index is 0.00491. The third kappa shape index (κ3) is 3.27. The van der Waals surface area contributed by atoms with Crippen LogP contribution in [0, 0.1) is 0 Å². The first-order valence-corrected chi connectivity index (χ1v) is 8.02. The van der Waals surface area contributed by atoms with E-state index in [0.717, 1.165) is 31.6 Å². The molecule has 0 aliphatic carbocycles. The molecular weight excluding hydrogens is 306 g/mol. The van der Waals surface area contributed by atoms with Crippen molar-refractivity contribution < 1.29 is 14.0 Å². The number of hydrogen-bond acceptors (Lipinski definition) is 4. The molecule has 24 heavy (non-hydrogen) atoms. The average molecular weight is 327 g/mol. The Bertz CT molecular complexity index is 732. The van der Waals surface area contributed by atoms with Gasteiger partial charge in [-0.05, 0) is 43.2 Å². The summed E-state index contributed by atoms with van der Waals surface area (Å²) in [7, 11) is 3.80. The number of benzene rings is 1. The monoisotopic (exact) mass is 327 g/mol. The van der Waals surface area contributed by atoms with Gasteiger partial charge >= 0.3 is 0 Å². The van der Waals surface area contributed by atoms with Gasteiger partial charge in [-0.25, -0.2) is 0 Å². The van der Waals surface area contributed by atoms with Gasteiger partial charge < -0.3 is 19.5 Å². The van der Waals surface area contributed by atoms with E-state index in [9.17, 15) is 9.59 Å². The molecule has 0 radical (unpaired) electrons. The number of carbonyl (C=O) groups is 2. The van der Waals surface area contributed by atoms with Crippen molar-refractivity contribution in [3.8, 4) is 0 Å². The largest absolute Gasteiger partial charge is 0.459 e. The van der Waals surface area contributed by atoms with Gasteiger partial charge in [0, 0.05) is 38.6 Å². The molecule has 126 valence electrons. The Morgan fingerprint density at radius 1 is 1.17 bits per heavy atom. The number of nitrogens with one attached hydrogen (secondary N) is 1. The Balaban J connectivity index is 1.87. The molecule has 1 aromatic carbocycles. The molecule has 1 aliphatic rings. The SMILES string of the molecule is CN(C)c1ccc(NC(=O)c2ccco2)cc1C(=O)N1CCCC1. The Kier molecular flexibility index (Phi) is 4.55. The van der Waals surface area contributed by atoms with Crippen LogP contribution in [0.4, 0.5) is 11.4 Å². The first kappa shape index (κ1) is 16.1. The van der Waals surface area contributed by atoms with Crippen molar-refractivity contribution >= 4 is 23.2 Å². The van der Waals surface area contributed by atoms with Gasteiger partial charge in [0.1, 0.15) is 0 Å². The maximum atomic E-state index is 12.8. The van der Waals surface area contributed by atoms with Crippen molar-refractivity contribution in [3.63, 3.8) is 0 Å². The molecule has 0 unspecified atom stereocenters. The molecule has 6 heteroatoms. The molecule has 1 aliphatic heterocycles. The van der Waals surface area contributed by atoms with Gasteiger partial charge in [-0.2, -0.15) is 0 Å². The van der Waals surface area contributed by atoms with Gasteiger partial charge in [0.05, 0.1) is 11.8 Å². The number of rotatable bonds is 4. The fraction of sp³-hybridized carbons (Fsp3) is 0.333. The van der Waals surface area contributed by atoms with Crippen molar-refractivity contribution in [2.75, 3.05) is 37.4 Å². The summed E-state index contributed by atoms with van der Waals surface area (Å²) in [5, 5.41) is 2.77. The molecule has 0 bridgehead atoms. The third-order valence-corrected chi connectivity index (χ3v) is 4.10. The number of amides is 2. The zero-order valence-electron chi connectivity index (χ0n) is 13.9. The second kappa shape index (κ2) is 6.78. The molecule has 0 saturated carbocycles. The molecule has 6 nitrogen and oxygen atoms in total. The van der Waals surface area contributed by atoms with Crippen LogP contribution >= 0.6 is 0 Å². The van der Waals surface area contributed by atoms with Crippen LogP contribution in [0.15, 0.2) is 41.0 Å². The Labute approximate surface area is 141 Å². The number of furan rings is 1. The second-order valence-electron chi connectivity index (χ2n) is 6.06. The first-order valence-electron chi connectivity index (χ1n) is 8.02. The van der Waals surface area contributed by atoms with E-state index in [0.29, 0.717) is 11.3 Å². The Morgan fingerprint density at radius 3 is 2.54 bits per heavy atom. The van der Waals surface area contributed by atoms with E-state index in [1.165, 1.54) is 6.26 Å². The molecule has 2 amide bonds. The highest BCUT2D eigenvalue weighted by molar-refractivity contribution is 6.05. The van der Waals surface area contributed by atoms with Crippen LogP contribution in [0.3, 0.4) is 0 Å². The van der Waals surface area contributed by atoms with Gasteiger partial charge in [0.25, 0.3) is 11.8 Å². The lowest BCUT2D eigenvalue weighted by molar-refractivity contribution is 0.0793. The summed E-state index contributed by atoms with van der Waals surface area (Å²) in [5.74, 6) is -0.0958. The van der Waals surface area contributed by atoms with Crippen molar-refractivity contribution in [2.45, 2.75) is 12.8 Å². The molecule has 1 saturated heterocycles. The lowest BCUT2D eigenvalue weighted by atomic mass is 10.1. The van der Waals surface area contributed by atoms with Crippen LogP contribution in [-0.2, 0) is 0 Å². The van der Waals surface area contributed by atoms with Gasteiger partial charge in [-0.1, -0.05) is 0 Å². The van der Waals surface area contributed by atoms with E-state index < -0.39 is 0 Å². The summed E-state index contributed by atoms with van der Waals surface area (Å²) in [6.45, 7) is 1.57. The Hall–Kier alpha value is -2.76. The summed E-state index contributed by atoms with van der Waals surface area (Å²) in [5.41, 5.74) is 2.01. The minimum atomic E-state index is -0.336. The average Bonchev–Trinajstić information content (AvgIpc) is 3.27. The van der Waals surface area contributed by atoms with Crippen LogP contribution in [-0.4, -0.2) is 43.9 Å². The number of nitrogens with zero attached hydrogens (tertiary/aromatic N) is 2. The quantitative estimate of drug-likeness (QED) is 0.938. The highest BCUT2D eigenvalue weighted by Crippen LogP contribution is 2.26. The predicted octanol–water partition coefficient (Wildman–Crippen LogP) is 2.83. The topological polar surface area (TPSA) is 65.8 Å². The number of anilines is 2. The van der Waals surface area contributed by atoms with Gasteiger partial charge in [-0.15, -0.1) is 0 Å². The van der Waals surface area contributed by atoms with Crippen molar-refractivity contribution in [1.82, 2.24) is 4.90 Å². The zero-order valence-corrected chi connectivity index (χ0v) is 13.9. The molecule has 3 rings (SSSR count). The van der Waals surface area contributed by atoms with E-state index in [-0.39, 0.29) is 17.6 Å². The lowest BCUT2D eigenvalue weighted by Gasteiger charge is -2.22. The normalized spacial score (nSPS) is 13.8. The van der Waals surface area contributed by atoms with Gasteiger partial charge in [0.2, 0.25) is 0 Å². The summed E-state index contributed by atoms with van der Waals surface area (Å²) in [6, 6.07) is 8.63. The van der Waals surface area contributed by atoms with Gasteiger partial charge in [-0.3, -0.25) is 9.59 Å². The molecule has 2 aromatic rings. The highest BCUT2D eigenvalue weighted by Gasteiger charge is 2.23. The van der Waals surface area contributed by atoms with E-state index in [4.69, 9.17) is 4.42 Å². The number of hydrogen-bond donors (Lipinski definition) is 1. The van der Waals surface area contributed by atoms with Crippen LogP contribution in [0.5, 0.6) is 0 Å². The molecule has 0 spiro atoms. The zero-order chi connectivity index (χ0) is 17.1. The van der Waals surface area contributed by atoms with Crippen LogP contribution in [0.1, 0.15) is 33.8 Å². The van der Waals surface area contributed by atoms with E-state index in [2.05, 4.69) is 5.32 Å². The molecular formula is C18H21N3O3. The van der Waals surface area contributed by atoms with Crippen LogP contribution < -0.4 is 10.2 Å². The van der Waals surface area contributed by atoms with Gasteiger partial charge in [0.15, 0.2) is 5.76 Å². The first-order chi connectivity index (χ1) is 11.6. The Morgan fingerprint density at radius 2 is 1.92 bits per heavy atom. The summed E-state index contributed by atoms with van der Waals surface area (Å²) < 4.78 is 5.09. The predicted molar refractivity (Wildman–Crippen MR) is 92.6 cm³/mol. The standard InChI is InChI=1S/C18H21N3O3/c1-20(2)15-8-7-13(19-17(22)16-6-5-11-24-16)12-14(15)18(23)21-9-3-4-10-21/h5-8,11-12H,3-4,9-10H2,1-2H3,(H,19,22). The highest BCUT2D eigenvalue weighted by atomic mass is 16.3. The fourth-order valence-electron chi connectivity index (χ4n) is 2.87. The van der Waals surface area contributed by atoms with Crippen molar-refractivity contribution in [2.24, 2.45) is 0 Å². The van der Waals surface area contributed by atoms with E-state index >= 15 is 0 Å². The maximum Gasteiger partial charge on any atom is 0.291 e. The molecule has 1 fully saturated rings. The lowest BCUT2D eigenvalue weighted by Crippen LogP contribution is -2.29. The van der Waals surface area contributed by atoms with E-state index in [1.54, 1.807) is 24.3 Å². The fourth-order valence-corrected chi connectivity index (χ4v) is 2.87. The third-order valence-electron chi connectivity index (χ3n) is 4.10. The summed E-state index contributed by atoms with van der Waals surface area (Å²) >= 11 is 0. The van der Waals surface area contributed by atoms with Crippen LogP contribution in [0.25, 0.3) is 0 Å². The van der Waals surface area contributed by atoms with Crippen molar-refractivity contribution in [1.29, 1.82) is 0 Å². The van der Waals surface area contributed by atoms with Crippen LogP contribution in [0.2, 0.25) is 0 Å². The second-order valence-corrected chi connectivity index (χ2v) is 6.06. The summed E-state index contributed by atoms with van der Waals surface area (Å²) in [4.78, 5) is 28.7. The smallest absolute Gasteiger partial charge is 0.291 e. The maximum absolute atomic E-state index is 12.8. The number of carbonyl (C=O) groups excluding carboxylic acids is 2. The number of likely N-dealkylation sites (tertiary alicyclic amines) is 1. The molecule has 0 atom stereocenters. The summed E-state index contributed by atoms with van der Waals surface area (Å²) in [6.07, 6.45) is 3.53. The minimum Gasteiger partial charge on any atom is -0.459 e. The van der Waals surface area contributed by atoms with E-state index in [1.807, 2.05) is 30.0 Å². The molecule has 1 aromatic heterocycles. The van der Waals surface area contributed by atoms with Crippen molar-refractivity contribution in [3.05, 3.63) is 47.9 Å².